The van der Waals surface area contributed by atoms with Gasteiger partial charge in [-0.15, -0.1) is 0 Å². The Morgan fingerprint density at radius 2 is 2.00 bits per heavy atom. The number of nitrogen functional groups attached to an aromatic ring is 1. The molecule has 0 fully saturated rings. The van der Waals surface area contributed by atoms with Crippen LogP contribution in [0.4, 0.5) is 10.7 Å². The number of nitrogens with zero attached hydrogens (tertiary/aromatic N) is 2. The van der Waals surface area contributed by atoms with Crippen molar-refractivity contribution in [2.24, 2.45) is 12.0 Å². The van der Waals surface area contributed by atoms with Crippen LogP contribution in [0.3, 0.4) is 0 Å². The summed E-state index contributed by atoms with van der Waals surface area (Å²) in [4.78, 5) is 5.37. The largest absolute Gasteiger partial charge is 0.389 e. The van der Waals surface area contributed by atoms with Crippen molar-refractivity contribution in [2.75, 3.05) is 5.73 Å². The van der Waals surface area contributed by atoms with Crippen molar-refractivity contribution in [2.45, 2.75) is 0 Å². The number of hydrogen-bond acceptors (Lipinski definition) is 3. The second-order valence-corrected chi connectivity index (χ2v) is 4.02. The molecule has 0 amide bonds. The number of aromatic nitrogens is 1. The van der Waals surface area contributed by atoms with Crippen molar-refractivity contribution in [3.05, 3.63) is 41.3 Å². The van der Waals surface area contributed by atoms with E-state index in [1.807, 2.05) is 48.1 Å². The van der Waals surface area contributed by atoms with Gasteiger partial charge in [0, 0.05) is 13.2 Å². The molecule has 0 saturated carbocycles. The van der Waals surface area contributed by atoms with Gasteiger partial charge in [0.15, 0.2) is 4.80 Å². The van der Waals surface area contributed by atoms with Crippen LogP contribution in [-0.4, -0.2) is 4.57 Å². The number of benzene rings is 1. The lowest BCUT2D eigenvalue weighted by Crippen LogP contribution is -2.07. The van der Waals surface area contributed by atoms with Crippen molar-refractivity contribution in [1.29, 1.82) is 0 Å². The van der Waals surface area contributed by atoms with E-state index in [0.717, 1.165) is 15.5 Å². The highest BCUT2D eigenvalue weighted by Crippen LogP contribution is 2.10. The summed E-state index contributed by atoms with van der Waals surface area (Å²) >= 11 is 1.48. The summed E-state index contributed by atoms with van der Waals surface area (Å²) in [5.74, 6) is 0. The van der Waals surface area contributed by atoms with E-state index in [4.69, 9.17) is 5.73 Å². The van der Waals surface area contributed by atoms with E-state index in [1.165, 1.54) is 11.3 Å². The van der Waals surface area contributed by atoms with Gasteiger partial charge in [-0.25, -0.2) is 4.99 Å². The van der Waals surface area contributed by atoms with Crippen molar-refractivity contribution in [1.82, 2.24) is 4.57 Å². The molecule has 72 valence electrons. The van der Waals surface area contributed by atoms with Crippen molar-refractivity contribution in [3.8, 4) is 0 Å². The third-order valence-corrected chi connectivity index (χ3v) is 2.72. The molecule has 0 aliphatic carbocycles. The van der Waals surface area contributed by atoms with E-state index in [1.54, 1.807) is 0 Å². The fraction of sp³-hybridized carbons (Fsp3) is 0.100. The minimum absolute atomic E-state index is 0.780. The minimum Gasteiger partial charge on any atom is -0.389 e. The van der Waals surface area contributed by atoms with Gasteiger partial charge in [-0.3, -0.25) is 0 Å². The Morgan fingerprint density at radius 3 is 2.57 bits per heavy atom. The molecule has 0 radical (unpaired) electrons. The third-order valence-electron chi connectivity index (χ3n) is 1.81. The van der Waals surface area contributed by atoms with Crippen LogP contribution in [0.2, 0.25) is 0 Å². The summed E-state index contributed by atoms with van der Waals surface area (Å²) in [5.41, 5.74) is 6.62. The Balaban J connectivity index is 2.50. The Bertz CT molecular complexity index is 482. The summed E-state index contributed by atoms with van der Waals surface area (Å²) in [6.45, 7) is 0. The van der Waals surface area contributed by atoms with Gasteiger partial charge in [0.2, 0.25) is 0 Å². The molecule has 2 aromatic rings. The molecule has 0 spiro atoms. The molecule has 2 N–H and O–H groups in total. The molecule has 1 heterocycles. The van der Waals surface area contributed by atoms with Gasteiger partial charge in [0.25, 0.3) is 0 Å². The summed E-state index contributed by atoms with van der Waals surface area (Å²) in [6, 6.07) is 9.85. The van der Waals surface area contributed by atoms with Gasteiger partial charge >= 0.3 is 0 Å². The molecule has 0 saturated heterocycles. The number of thiazole rings is 1. The fourth-order valence-electron chi connectivity index (χ4n) is 1.16. The van der Waals surface area contributed by atoms with E-state index in [9.17, 15) is 0 Å². The van der Waals surface area contributed by atoms with Crippen LogP contribution in [-0.2, 0) is 7.05 Å². The maximum Gasteiger partial charge on any atom is 0.191 e. The molecule has 1 aromatic heterocycles. The first-order chi connectivity index (χ1) is 6.75. The first-order valence-corrected chi connectivity index (χ1v) is 5.09. The lowest BCUT2D eigenvalue weighted by Gasteiger charge is -1.91. The van der Waals surface area contributed by atoms with E-state index in [2.05, 4.69) is 4.99 Å². The highest BCUT2D eigenvalue weighted by Gasteiger charge is 1.94. The van der Waals surface area contributed by atoms with E-state index < -0.39 is 0 Å². The maximum absolute atomic E-state index is 5.67. The second-order valence-electron chi connectivity index (χ2n) is 2.97. The third kappa shape index (κ3) is 1.85. The number of aryl methyl sites for hydroxylation is 1. The Hall–Kier alpha value is -1.55. The Kier molecular flexibility index (Phi) is 2.37. The SMILES string of the molecule is Cn1cc(N)sc1=Nc1ccccc1. The van der Waals surface area contributed by atoms with Crippen LogP contribution in [0.25, 0.3) is 0 Å². The summed E-state index contributed by atoms with van der Waals surface area (Å²) in [5, 5.41) is 0.780. The predicted molar refractivity (Wildman–Crippen MR) is 59.4 cm³/mol. The van der Waals surface area contributed by atoms with E-state index >= 15 is 0 Å². The second kappa shape index (κ2) is 3.67. The monoisotopic (exact) mass is 205 g/mol. The molecule has 2 rings (SSSR count). The number of anilines is 1. The lowest BCUT2D eigenvalue weighted by molar-refractivity contribution is 0.875. The molecule has 3 nitrogen and oxygen atoms in total. The zero-order valence-electron chi connectivity index (χ0n) is 7.84. The van der Waals surface area contributed by atoms with Crippen LogP contribution in [0.15, 0.2) is 41.5 Å². The van der Waals surface area contributed by atoms with Crippen LogP contribution >= 0.6 is 11.3 Å². The lowest BCUT2D eigenvalue weighted by atomic mass is 10.3. The number of para-hydroxylation sites is 1. The Morgan fingerprint density at radius 1 is 1.29 bits per heavy atom. The predicted octanol–water partition coefficient (Wildman–Crippen LogP) is 1.90. The first-order valence-electron chi connectivity index (χ1n) is 4.27. The Labute approximate surface area is 86.2 Å². The summed E-state index contributed by atoms with van der Waals surface area (Å²) in [6.07, 6.45) is 1.87. The molecule has 0 unspecified atom stereocenters. The zero-order chi connectivity index (χ0) is 9.97. The zero-order valence-corrected chi connectivity index (χ0v) is 8.66. The molecule has 4 heteroatoms. The highest BCUT2D eigenvalue weighted by atomic mass is 32.1. The fourth-order valence-corrected chi connectivity index (χ4v) is 1.93. The number of hydrogen-bond donors (Lipinski definition) is 1. The minimum atomic E-state index is 0.780. The molecule has 0 aliphatic rings. The van der Waals surface area contributed by atoms with Crippen LogP contribution in [0, 0.1) is 0 Å². The number of nitrogens with two attached hydrogens (primary N) is 1. The average molecular weight is 205 g/mol. The maximum atomic E-state index is 5.67. The smallest absolute Gasteiger partial charge is 0.191 e. The average Bonchev–Trinajstić information content (AvgIpc) is 2.47. The van der Waals surface area contributed by atoms with Crippen molar-refractivity contribution < 1.29 is 0 Å². The molecular weight excluding hydrogens is 194 g/mol. The van der Waals surface area contributed by atoms with Gasteiger partial charge in [0.1, 0.15) is 5.00 Å². The van der Waals surface area contributed by atoms with E-state index in [-0.39, 0.29) is 0 Å². The molecule has 0 aliphatic heterocycles. The normalized spacial score (nSPS) is 11.9. The summed E-state index contributed by atoms with van der Waals surface area (Å²) < 4.78 is 1.92. The van der Waals surface area contributed by atoms with Crippen LogP contribution in [0.1, 0.15) is 0 Å². The van der Waals surface area contributed by atoms with Crippen molar-refractivity contribution in [3.63, 3.8) is 0 Å². The topological polar surface area (TPSA) is 43.3 Å². The number of rotatable bonds is 1. The quantitative estimate of drug-likeness (QED) is 0.759. The van der Waals surface area contributed by atoms with Crippen LogP contribution < -0.4 is 10.5 Å². The van der Waals surface area contributed by atoms with Gasteiger partial charge in [-0.2, -0.15) is 0 Å². The van der Waals surface area contributed by atoms with E-state index in [0.29, 0.717) is 0 Å². The molecule has 0 atom stereocenters. The van der Waals surface area contributed by atoms with Gasteiger partial charge in [-0.1, -0.05) is 29.5 Å². The van der Waals surface area contributed by atoms with Gasteiger partial charge in [-0.05, 0) is 12.1 Å². The molecular formula is C10H11N3S. The highest BCUT2D eigenvalue weighted by molar-refractivity contribution is 7.13. The molecule has 0 bridgehead atoms. The van der Waals surface area contributed by atoms with Crippen LogP contribution in [0.5, 0.6) is 0 Å². The first kappa shape index (κ1) is 9.02. The molecule has 1 aromatic carbocycles. The summed E-state index contributed by atoms with van der Waals surface area (Å²) in [7, 11) is 1.94. The van der Waals surface area contributed by atoms with Crippen molar-refractivity contribution >= 4 is 22.0 Å². The van der Waals surface area contributed by atoms with Gasteiger partial charge < -0.3 is 10.3 Å². The van der Waals surface area contributed by atoms with Gasteiger partial charge in [0.05, 0.1) is 5.69 Å². The standard InChI is InChI=1S/C10H11N3S/c1-13-7-9(11)14-10(13)12-8-5-3-2-4-6-8/h2-7H,11H2,1H3. The molecule has 14 heavy (non-hydrogen) atoms.